The lowest BCUT2D eigenvalue weighted by Crippen LogP contribution is -2.20. The van der Waals surface area contributed by atoms with Gasteiger partial charge in [0.25, 0.3) is 0 Å². The first-order valence-corrected chi connectivity index (χ1v) is 4.86. The second kappa shape index (κ2) is 8.55. The average molecular weight is 168 g/mol. The van der Waals surface area contributed by atoms with Gasteiger partial charge in [-0.05, 0) is 39.4 Å². The van der Waals surface area contributed by atoms with E-state index in [9.17, 15) is 0 Å². The Morgan fingerprint density at radius 3 is 2.50 bits per heavy atom. The summed E-state index contributed by atoms with van der Waals surface area (Å²) in [5.41, 5.74) is 0. The van der Waals surface area contributed by atoms with Crippen LogP contribution in [0, 0.1) is 11.3 Å². The first kappa shape index (κ1) is 11.4. The summed E-state index contributed by atoms with van der Waals surface area (Å²) in [6, 6.07) is 2.17. The maximum atomic E-state index is 8.30. The molecule has 0 atom stereocenters. The molecule has 0 N–H and O–H groups in total. The number of unbranched alkanes of at least 4 members (excludes halogenated alkanes) is 3. The third kappa shape index (κ3) is 7.56. The third-order valence-corrected chi connectivity index (χ3v) is 1.93. The van der Waals surface area contributed by atoms with Crippen molar-refractivity contribution in [2.24, 2.45) is 0 Å². The van der Waals surface area contributed by atoms with Crippen molar-refractivity contribution < 1.29 is 0 Å². The molecule has 0 heterocycles. The topological polar surface area (TPSA) is 27.0 Å². The van der Waals surface area contributed by atoms with Gasteiger partial charge >= 0.3 is 0 Å². The Balaban J connectivity index is 3.04. The molecule has 0 radical (unpaired) electrons. The van der Waals surface area contributed by atoms with E-state index in [4.69, 9.17) is 5.26 Å². The molecular formula is C10H20N2. The standard InChI is InChI=1S/C10H20N2/c1-3-9-12(2)10-7-5-4-6-8-11/h3-7,9-10H2,1-2H3. The van der Waals surface area contributed by atoms with Gasteiger partial charge in [-0.3, -0.25) is 0 Å². The van der Waals surface area contributed by atoms with Crippen LogP contribution in [0.2, 0.25) is 0 Å². The lowest BCUT2D eigenvalue weighted by Gasteiger charge is -2.14. The first-order valence-electron chi connectivity index (χ1n) is 4.86. The molecule has 0 aromatic rings. The van der Waals surface area contributed by atoms with Crippen LogP contribution in [0.3, 0.4) is 0 Å². The molecule has 0 amide bonds. The molecule has 12 heavy (non-hydrogen) atoms. The summed E-state index contributed by atoms with van der Waals surface area (Å²) in [5.74, 6) is 0. The van der Waals surface area contributed by atoms with Gasteiger partial charge in [0, 0.05) is 6.42 Å². The molecule has 0 rings (SSSR count). The zero-order valence-corrected chi connectivity index (χ0v) is 8.34. The summed E-state index contributed by atoms with van der Waals surface area (Å²) in [6.45, 7) is 4.57. The SMILES string of the molecule is CCCN(C)CCCCCC#N. The van der Waals surface area contributed by atoms with E-state index in [-0.39, 0.29) is 0 Å². The van der Waals surface area contributed by atoms with E-state index < -0.39 is 0 Å². The quantitative estimate of drug-likeness (QED) is 0.546. The smallest absolute Gasteiger partial charge is 0.0621 e. The fraction of sp³-hybridized carbons (Fsp3) is 0.900. The van der Waals surface area contributed by atoms with Crippen molar-refractivity contribution in [3.8, 4) is 6.07 Å². The van der Waals surface area contributed by atoms with Crippen LogP contribution in [0.5, 0.6) is 0 Å². The monoisotopic (exact) mass is 168 g/mol. The molecule has 0 aliphatic heterocycles. The van der Waals surface area contributed by atoms with Crippen LogP contribution in [0.25, 0.3) is 0 Å². The van der Waals surface area contributed by atoms with Crippen molar-refractivity contribution in [2.45, 2.75) is 39.0 Å². The summed E-state index contributed by atoms with van der Waals surface area (Å²) in [5, 5.41) is 8.30. The Morgan fingerprint density at radius 2 is 1.92 bits per heavy atom. The van der Waals surface area contributed by atoms with E-state index in [0.29, 0.717) is 0 Å². The molecule has 2 heteroatoms. The normalized spacial score (nSPS) is 10.2. The van der Waals surface area contributed by atoms with Gasteiger partial charge in [0.2, 0.25) is 0 Å². The van der Waals surface area contributed by atoms with Crippen molar-refractivity contribution in [3.63, 3.8) is 0 Å². The zero-order chi connectivity index (χ0) is 9.23. The molecule has 0 aromatic heterocycles. The largest absolute Gasteiger partial charge is 0.306 e. The van der Waals surface area contributed by atoms with Crippen molar-refractivity contribution in [1.29, 1.82) is 5.26 Å². The minimum atomic E-state index is 0.720. The molecule has 0 bridgehead atoms. The average Bonchev–Trinajstić information content (AvgIpc) is 2.05. The zero-order valence-electron chi connectivity index (χ0n) is 8.34. The highest BCUT2D eigenvalue weighted by Gasteiger charge is 1.95. The van der Waals surface area contributed by atoms with E-state index in [1.54, 1.807) is 0 Å². The van der Waals surface area contributed by atoms with E-state index in [1.165, 1.54) is 32.4 Å². The molecule has 0 saturated carbocycles. The van der Waals surface area contributed by atoms with Crippen molar-refractivity contribution >= 4 is 0 Å². The van der Waals surface area contributed by atoms with E-state index in [2.05, 4.69) is 24.9 Å². The predicted molar refractivity (Wildman–Crippen MR) is 51.9 cm³/mol. The van der Waals surface area contributed by atoms with Crippen LogP contribution in [-0.4, -0.2) is 25.0 Å². The lowest BCUT2D eigenvalue weighted by molar-refractivity contribution is 0.325. The summed E-state index contributed by atoms with van der Waals surface area (Å²) in [4.78, 5) is 2.35. The Labute approximate surface area is 76.2 Å². The van der Waals surface area contributed by atoms with E-state index in [0.717, 1.165) is 12.8 Å². The second-order valence-electron chi connectivity index (χ2n) is 3.27. The number of nitrogens with zero attached hydrogens (tertiary/aromatic N) is 2. The highest BCUT2D eigenvalue weighted by Crippen LogP contribution is 2.00. The lowest BCUT2D eigenvalue weighted by atomic mass is 10.2. The second-order valence-corrected chi connectivity index (χ2v) is 3.27. The molecule has 0 aromatic carbocycles. The fourth-order valence-electron chi connectivity index (χ4n) is 1.26. The Kier molecular flexibility index (Phi) is 8.15. The number of rotatable bonds is 7. The molecule has 0 aliphatic carbocycles. The first-order chi connectivity index (χ1) is 5.81. The molecular weight excluding hydrogens is 148 g/mol. The molecule has 0 fully saturated rings. The summed E-state index contributed by atoms with van der Waals surface area (Å²) >= 11 is 0. The highest BCUT2D eigenvalue weighted by molar-refractivity contribution is 4.68. The van der Waals surface area contributed by atoms with Gasteiger partial charge in [-0.1, -0.05) is 13.3 Å². The van der Waals surface area contributed by atoms with Crippen LogP contribution >= 0.6 is 0 Å². The van der Waals surface area contributed by atoms with Gasteiger partial charge in [-0.25, -0.2) is 0 Å². The number of hydrogen-bond donors (Lipinski definition) is 0. The van der Waals surface area contributed by atoms with Gasteiger partial charge in [-0.2, -0.15) is 5.26 Å². The highest BCUT2D eigenvalue weighted by atomic mass is 15.1. The maximum Gasteiger partial charge on any atom is 0.0621 e. The van der Waals surface area contributed by atoms with Crippen molar-refractivity contribution in [3.05, 3.63) is 0 Å². The summed E-state index contributed by atoms with van der Waals surface area (Å²) in [6.07, 6.45) is 5.45. The Hall–Kier alpha value is -0.550. The summed E-state index contributed by atoms with van der Waals surface area (Å²) < 4.78 is 0. The Bertz CT molecular complexity index is 126. The molecule has 2 nitrogen and oxygen atoms in total. The molecule has 0 spiro atoms. The van der Waals surface area contributed by atoms with Gasteiger partial charge in [0.05, 0.1) is 6.07 Å². The number of hydrogen-bond acceptors (Lipinski definition) is 2. The third-order valence-electron chi connectivity index (χ3n) is 1.93. The molecule has 0 unspecified atom stereocenters. The van der Waals surface area contributed by atoms with Gasteiger partial charge in [0.15, 0.2) is 0 Å². The van der Waals surface area contributed by atoms with Gasteiger partial charge in [0.1, 0.15) is 0 Å². The van der Waals surface area contributed by atoms with Gasteiger partial charge < -0.3 is 4.90 Å². The van der Waals surface area contributed by atoms with Crippen LogP contribution in [0.1, 0.15) is 39.0 Å². The van der Waals surface area contributed by atoms with E-state index in [1.807, 2.05) is 0 Å². The van der Waals surface area contributed by atoms with Crippen molar-refractivity contribution in [1.82, 2.24) is 4.90 Å². The predicted octanol–water partition coefficient (Wildman–Crippen LogP) is 2.41. The van der Waals surface area contributed by atoms with Gasteiger partial charge in [-0.15, -0.1) is 0 Å². The van der Waals surface area contributed by atoms with Crippen LogP contribution in [0.4, 0.5) is 0 Å². The minimum absolute atomic E-state index is 0.720. The Morgan fingerprint density at radius 1 is 1.17 bits per heavy atom. The van der Waals surface area contributed by atoms with Crippen LogP contribution in [0.15, 0.2) is 0 Å². The molecule has 0 saturated heterocycles. The van der Waals surface area contributed by atoms with E-state index >= 15 is 0 Å². The van der Waals surface area contributed by atoms with Crippen LogP contribution < -0.4 is 0 Å². The maximum absolute atomic E-state index is 8.30. The molecule has 0 aliphatic rings. The van der Waals surface area contributed by atoms with Crippen LogP contribution in [-0.2, 0) is 0 Å². The molecule has 70 valence electrons. The van der Waals surface area contributed by atoms with Crippen molar-refractivity contribution in [2.75, 3.05) is 20.1 Å². The summed E-state index contributed by atoms with van der Waals surface area (Å²) in [7, 11) is 2.16. The fourth-order valence-corrected chi connectivity index (χ4v) is 1.26. The number of nitriles is 1. The minimum Gasteiger partial charge on any atom is -0.306 e.